The molecule has 26 heavy (non-hydrogen) atoms. The monoisotopic (exact) mass is 348 g/mol. The van der Waals surface area contributed by atoms with Gasteiger partial charge in [-0.1, -0.05) is 72.8 Å². The molecule has 132 valence electrons. The Morgan fingerprint density at radius 3 is 2.31 bits per heavy atom. The molecule has 0 radical (unpaired) electrons. The summed E-state index contributed by atoms with van der Waals surface area (Å²) in [5.41, 5.74) is 1.61. The molecule has 0 aliphatic rings. The van der Waals surface area contributed by atoms with Crippen molar-refractivity contribution in [2.75, 3.05) is 0 Å². The maximum absolute atomic E-state index is 11.9. The third-order valence-corrected chi connectivity index (χ3v) is 4.04. The number of alkyl carbamates (subject to hydrolysis) is 1. The first-order valence-corrected chi connectivity index (χ1v) is 8.27. The molecule has 3 rings (SSSR count). The van der Waals surface area contributed by atoms with Crippen LogP contribution in [0.3, 0.4) is 0 Å². The van der Waals surface area contributed by atoms with Gasteiger partial charge in [-0.3, -0.25) is 0 Å². The largest absolute Gasteiger partial charge is 0.548 e. The van der Waals surface area contributed by atoms with E-state index in [0.29, 0.717) is 0 Å². The molecule has 0 aromatic heterocycles. The third kappa shape index (κ3) is 4.60. The standard InChI is InChI=1S/C21H19NO4/c23-20(24)19(22-21(25)26-14-15-6-2-1-3-7-15)13-16-10-11-17-8-4-5-9-18(17)12-16/h1-12,19H,13-14H2,(H,22,25)(H,23,24)/p-1/t19-/m1/s1. The van der Waals surface area contributed by atoms with Crippen molar-refractivity contribution in [3.8, 4) is 0 Å². The van der Waals surface area contributed by atoms with Crippen LogP contribution in [0.5, 0.6) is 0 Å². The van der Waals surface area contributed by atoms with Crippen molar-refractivity contribution in [3.63, 3.8) is 0 Å². The van der Waals surface area contributed by atoms with Crippen LogP contribution in [0, 0.1) is 0 Å². The molecule has 0 spiro atoms. The number of benzene rings is 3. The normalized spacial score (nSPS) is 11.7. The number of rotatable bonds is 6. The first-order chi connectivity index (χ1) is 12.6. The molecular weight excluding hydrogens is 330 g/mol. The lowest BCUT2D eigenvalue weighted by Gasteiger charge is -2.20. The first-order valence-electron chi connectivity index (χ1n) is 8.27. The Balaban J connectivity index is 1.62. The lowest BCUT2D eigenvalue weighted by molar-refractivity contribution is -0.308. The molecule has 0 heterocycles. The van der Waals surface area contributed by atoms with Crippen LogP contribution in [0.2, 0.25) is 0 Å². The second-order valence-electron chi connectivity index (χ2n) is 5.96. The Morgan fingerprint density at radius 1 is 0.885 bits per heavy atom. The number of amides is 1. The van der Waals surface area contributed by atoms with E-state index in [1.807, 2.05) is 72.8 Å². The number of carbonyl (C=O) groups is 2. The number of hydrogen-bond donors (Lipinski definition) is 1. The quantitative estimate of drug-likeness (QED) is 0.742. The van der Waals surface area contributed by atoms with Crippen molar-refractivity contribution in [3.05, 3.63) is 83.9 Å². The van der Waals surface area contributed by atoms with E-state index in [2.05, 4.69) is 5.32 Å². The van der Waals surface area contributed by atoms with Crippen LogP contribution in [-0.4, -0.2) is 18.1 Å². The van der Waals surface area contributed by atoms with Crippen molar-refractivity contribution >= 4 is 22.8 Å². The molecule has 0 saturated carbocycles. The fourth-order valence-corrected chi connectivity index (χ4v) is 2.70. The molecule has 0 fully saturated rings. The molecule has 0 saturated heterocycles. The Kier molecular flexibility index (Phi) is 5.49. The van der Waals surface area contributed by atoms with E-state index < -0.39 is 18.1 Å². The molecule has 1 N–H and O–H groups in total. The van der Waals surface area contributed by atoms with Crippen LogP contribution in [-0.2, 0) is 22.6 Å². The van der Waals surface area contributed by atoms with E-state index in [-0.39, 0.29) is 13.0 Å². The summed E-state index contributed by atoms with van der Waals surface area (Å²) in [4.78, 5) is 23.3. The van der Waals surface area contributed by atoms with E-state index in [1.165, 1.54) is 0 Å². The van der Waals surface area contributed by atoms with Gasteiger partial charge in [-0.05, 0) is 28.3 Å². The summed E-state index contributed by atoms with van der Waals surface area (Å²) in [5, 5.41) is 15.8. The smallest absolute Gasteiger partial charge is 0.408 e. The molecule has 3 aromatic rings. The Labute approximate surface area is 151 Å². The van der Waals surface area contributed by atoms with E-state index in [9.17, 15) is 14.7 Å². The molecule has 0 aliphatic heterocycles. The van der Waals surface area contributed by atoms with Gasteiger partial charge < -0.3 is 20.0 Å². The van der Waals surface area contributed by atoms with Crippen LogP contribution < -0.4 is 10.4 Å². The Hall–Kier alpha value is -3.34. The highest BCUT2D eigenvalue weighted by atomic mass is 16.5. The lowest BCUT2D eigenvalue weighted by atomic mass is 10.0. The molecule has 5 heteroatoms. The molecule has 0 unspecified atom stereocenters. The van der Waals surface area contributed by atoms with Gasteiger partial charge in [-0.15, -0.1) is 0 Å². The summed E-state index contributed by atoms with van der Waals surface area (Å²) in [6.07, 6.45) is -0.669. The summed E-state index contributed by atoms with van der Waals surface area (Å²) in [7, 11) is 0. The summed E-state index contributed by atoms with van der Waals surface area (Å²) in [5.74, 6) is -1.35. The lowest BCUT2D eigenvalue weighted by Crippen LogP contribution is -2.49. The number of nitrogens with one attached hydrogen (secondary N) is 1. The second-order valence-corrected chi connectivity index (χ2v) is 5.96. The van der Waals surface area contributed by atoms with Crippen LogP contribution in [0.1, 0.15) is 11.1 Å². The van der Waals surface area contributed by atoms with Crippen molar-refractivity contribution in [1.82, 2.24) is 5.32 Å². The predicted molar refractivity (Wildman–Crippen MR) is 96.2 cm³/mol. The van der Waals surface area contributed by atoms with Gasteiger partial charge in [0.25, 0.3) is 0 Å². The maximum Gasteiger partial charge on any atom is 0.408 e. The van der Waals surface area contributed by atoms with Gasteiger partial charge in [0.1, 0.15) is 6.61 Å². The van der Waals surface area contributed by atoms with Gasteiger partial charge in [0.05, 0.1) is 12.0 Å². The molecule has 0 aliphatic carbocycles. The zero-order valence-corrected chi connectivity index (χ0v) is 14.1. The molecule has 3 aromatic carbocycles. The van der Waals surface area contributed by atoms with Crippen molar-refractivity contribution < 1.29 is 19.4 Å². The number of carboxylic acids is 1. The molecular formula is C21H18NO4-. The highest BCUT2D eigenvalue weighted by Crippen LogP contribution is 2.16. The average Bonchev–Trinajstić information content (AvgIpc) is 2.66. The zero-order chi connectivity index (χ0) is 18.4. The topological polar surface area (TPSA) is 78.5 Å². The molecule has 5 nitrogen and oxygen atoms in total. The minimum absolute atomic E-state index is 0.0718. The number of hydrogen-bond acceptors (Lipinski definition) is 4. The van der Waals surface area contributed by atoms with Crippen molar-refractivity contribution in [2.45, 2.75) is 19.1 Å². The molecule has 1 atom stereocenters. The Morgan fingerprint density at radius 2 is 1.58 bits per heavy atom. The number of carbonyl (C=O) groups excluding carboxylic acids is 2. The minimum atomic E-state index is -1.35. The fraction of sp³-hybridized carbons (Fsp3) is 0.143. The zero-order valence-electron chi connectivity index (χ0n) is 14.1. The fourth-order valence-electron chi connectivity index (χ4n) is 2.70. The van der Waals surface area contributed by atoms with E-state index in [0.717, 1.165) is 21.9 Å². The predicted octanol–water partition coefficient (Wildman–Crippen LogP) is 2.43. The summed E-state index contributed by atoms with van der Waals surface area (Å²) >= 11 is 0. The minimum Gasteiger partial charge on any atom is -0.548 e. The highest BCUT2D eigenvalue weighted by Gasteiger charge is 2.15. The number of ether oxygens (including phenoxy) is 1. The van der Waals surface area contributed by atoms with E-state index >= 15 is 0 Å². The number of aliphatic carboxylic acids is 1. The van der Waals surface area contributed by atoms with E-state index in [4.69, 9.17) is 4.74 Å². The number of fused-ring (bicyclic) bond motifs is 1. The van der Waals surface area contributed by atoms with Gasteiger partial charge >= 0.3 is 6.09 Å². The molecule has 0 bridgehead atoms. The highest BCUT2D eigenvalue weighted by molar-refractivity contribution is 5.83. The second kappa shape index (κ2) is 8.16. The summed E-state index contributed by atoms with van der Waals surface area (Å²) in [6, 6.07) is 21.5. The average molecular weight is 348 g/mol. The van der Waals surface area contributed by atoms with Gasteiger partial charge in [-0.25, -0.2) is 4.79 Å². The summed E-state index contributed by atoms with van der Waals surface area (Å²) < 4.78 is 5.08. The van der Waals surface area contributed by atoms with Crippen molar-refractivity contribution in [1.29, 1.82) is 0 Å². The third-order valence-electron chi connectivity index (χ3n) is 4.04. The van der Waals surface area contributed by atoms with Gasteiger partial charge in [0, 0.05) is 0 Å². The SMILES string of the molecule is O=C(N[C@H](Cc1ccc2ccccc2c1)C(=O)[O-])OCc1ccccc1. The van der Waals surface area contributed by atoms with Crippen LogP contribution >= 0.6 is 0 Å². The van der Waals surface area contributed by atoms with Gasteiger partial charge in [-0.2, -0.15) is 0 Å². The van der Waals surface area contributed by atoms with Crippen LogP contribution in [0.4, 0.5) is 4.79 Å². The summed E-state index contributed by atoms with van der Waals surface area (Å²) in [6.45, 7) is 0.0718. The van der Waals surface area contributed by atoms with Gasteiger partial charge in [0.15, 0.2) is 0 Å². The maximum atomic E-state index is 11.9. The number of carboxylic acid groups (broad SMARTS) is 1. The van der Waals surface area contributed by atoms with Crippen LogP contribution in [0.15, 0.2) is 72.8 Å². The van der Waals surface area contributed by atoms with Crippen molar-refractivity contribution in [2.24, 2.45) is 0 Å². The van der Waals surface area contributed by atoms with E-state index in [1.54, 1.807) is 0 Å². The van der Waals surface area contributed by atoms with Crippen LogP contribution in [0.25, 0.3) is 10.8 Å². The Bertz CT molecular complexity index is 908. The molecule has 1 amide bonds. The van der Waals surface area contributed by atoms with Gasteiger partial charge in [0.2, 0.25) is 0 Å². The first kappa shape index (κ1) is 17.5.